The zero-order valence-electron chi connectivity index (χ0n) is 15.9. The maximum Gasteiger partial charge on any atom is 0.253 e. The van der Waals surface area contributed by atoms with E-state index in [9.17, 15) is 4.79 Å². The zero-order valence-corrected chi connectivity index (χ0v) is 17.5. The maximum absolute atomic E-state index is 12.4. The summed E-state index contributed by atoms with van der Waals surface area (Å²) in [5.74, 6) is 1.52. The van der Waals surface area contributed by atoms with Crippen LogP contribution in [0.15, 0.2) is 29.1 Å². The Morgan fingerprint density at radius 2 is 1.85 bits per heavy atom. The molecule has 2 heterocycles. The summed E-state index contributed by atoms with van der Waals surface area (Å²) >= 11 is 3.35. The van der Waals surface area contributed by atoms with Crippen LogP contribution < -0.4 is 15.5 Å². The summed E-state index contributed by atoms with van der Waals surface area (Å²) in [6.07, 6.45) is 8.90. The number of carbonyl (C=O) groups excluding carboxylic acids is 1. The summed E-state index contributed by atoms with van der Waals surface area (Å²) in [6.45, 7) is 2.01. The number of amides is 1. The van der Waals surface area contributed by atoms with E-state index in [4.69, 9.17) is 0 Å². The third-order valence-corrected chi connectivity index (χ3v) is 5.16. The van der Waals surface area contributed by atoms with Gasteiger partial charge in [0.25, 0.3) is 5.91 Å². The molecule has 0 unspecified atom stereocenters. The number of carbonyl (C=O) groups is 1. The molecule has 8 heteroatoms. The number of nitrogens with one attached hydrogen (secondary N) is 2. The van der Waals surface area contributed by atoms with Gasteiger partial charge in [-0.2, -0.15) is 4.98 Å². The molecule has 1 amide bonds. The second-order valence-electron chi connectivity index (χ2n) is 7.15. The minimum absolute atomic E-state index is 0.0716. The van der Waals surface area contributed by atoms with Crippen molar-refractivity contribution < 1.29 is 4.79 Å². The van der Waals surface area contributed by atoms with Gasteiger partial charge in [-0.3, -0.25) is 9.78 Å². The highest BCUT2D eigenvalue weighted by atomic mass is 79.9. The maximum atomic E-state index is 12.4. The molecule has 3 rings (SSSR count). The van der Waals surface area contributed by atoms with Gasteiger partial charge in [0.2, 0.25) is 5.95 Å². The second kappa shape index (κ2) is 8.65. The lowest BCUT2D eigenvalue weighted by Gasteiger charge is -2.30. The molecular formula is C19H25BrN6O. The van der Waals surface area contributed by atoms with E-state index >= 15 is 0 Å². The van der Waals surface area contributed by atoms with E-state index < -0.39 is 0 Å². The molecule has 0 bridgehead atoms. The lowest BCUT2D eigenvalue weighted by atomic mass is 9.91. The Hall–Kier alpha value is -2.22. The van der Waals surface area contributed by atoms with Gasteiger partial charge in [-0.05, 0) is 54.6 Å². The average Bonchev–Trinajstić information content (AvgIpc) is 2.64. The molecule has 144 valence electrons. The number of hydrogen-bond acceptors (Lipinski definition) is 6. The topological polar surface area (TPSA) is 83.0 Å². The van der Waals surface area contributed by atoms with Crippen molar-refractivity contribution in [3.05, 3.63) is 40.3 Å². The van der Waals surface area contributed by atoms with Gasteiger partial charge in [-0.25, -0.2) is 4.98 Å². The molecule has 0 aliphatic heterocycles. The Morgan fingerprint density at radius 1 is 1.15 bits per heavy atom. The van der Waals surface area contributed by atoms with Gasteiger partial charge in [0.05, 0.1) is 5.56 Å². The predicted octanol–water partition coefficient (Wildman–Crippen LogP) is 3.16. The van der Waals surface area contributed by atoms with Crippen molar-refractivity contribution >= 4 is 33.6 Å². The number of halogens is 1. The van der Waals surface area contributed by atoms with Crippen LogP contribution in [-0.2, 0) is 0 Å². The van der Waals surface area contributed by atoms with Crippen LogP contribution in [0.5, 0.6) is 0 Å². The second-order valence-corrected chi connectivity index (χ2v) is 8.07. The fourth-order valence-corrected chi connectivity index (χ4v) is 3.69. The Balaban J connectivity index is 1.52. The van der Waals surface area contributed by atoms with Crippen molar-refractivity contribution in [1.29, 1.82) is 0 Å². The molecule has 0 radical (unpaired) electrons. The van der Waals surface area contributed by atoms with Gasteiger partial charge in [0.1, 0.15) is 5.82 Å². The largest absolute Gasteiger partial charge is 0.362 e. The quantitative estimate of drug-likeness (QED) is 0.754. The van der Waals surface area contributed by atoms with Crippen molar-refractivity contribution in [3.8, 4) is 0 Å². The molecule has 1 aliphatic rings. The minimum atomic E-state index is -0.0716. The highest BCUT2D eigenvalue weighted by Gasteiger charge is 2.23. The van der Waals surface area contributed by atoms with Crippen LogP contribution in [0.1, 0.15) is 41.6 Å². The number of nitrogens with zero attached hydrogens (tertiary/aromatic N) is 4. The Labute approximate surface area is 168 Å². The van der Waals surface area contributed by atoms with Gasteiger partial charge in [0, 0.05) is 54.8 Å². The number of anilines is 2. The molecular weight excluding hydrogens is 408 g/mol. The Morgan fingerprint density at radius 3 is 2.52 bits per heavy atom. The summed E-state index contributed by atoms with van der Waals surface area (Å²) in [5.41, 5.74) is 1.63. The van der Waals surface area contributed by atoms with Crippen molar-refractivity contribution in [3.63, 3.8) is 0 Å². The van der Waals surface area contributed by atoms with E-state index in [1.165, 1.54) is 0 Å². The predicted molar refractivity (Wildman–Crippen MR) is 110 cm³/mol. The number of pyridine rings is 1. The molecule has 0 spiro atoms. The molecule has 2 aromatic heterocycles. The lowest BCUT2D eigenvalue weighted by molar-refractivity contribution is 0.0926. The highest BCUT2D eigenvalue weighted by molar-refractivity contribution is 9.10. The minimum Gasteiger partial charge on any atom is -0.362 e. The van der Waals surface area contributed by atoms with Gasteiger partial charge in [0.15, 0.2) is 0 Å². The van der Waals surface area contributed by atoms with Crippen LogP contribution in [0.3, 0.4) is 0 Å². The number of aromatic nitrogens is 3. The normalized spacial score (nSPS) is 19.4. The van der Waals surface area contributed by atoms with Crippen molar-refractivity contribution in [2.75, 3.05) is 24.3 Å². The van der Waals surface area contributed by atoms with Gasteiger partial charge in [-0.1, -0.05) is 0 Å². The van der Waals surface area contributed by atoms with E-state index in [1.54, 1.807) is 18.5 Å². The number of aryl methyl sites for hydroxylation is 1. The summed E-state index contributed by atoms with van der Waals surface area (Å²) in [7, 11) is 3.96. The van der Waals surface area contributed by atoms with Crippen LogP contribution in [0, 0.1) is 6.92 Å². The van der Waals surface area contributed by atoms with Gasteiger partial charge in [-0.15, -0.1) is 0 Å². The molecule has 27 heavy (non-hydrogen) atoms. The first-order valence-electron chi connectivity index (χ1n) is 9.11. The fourth-order valence-electron chi connectivity index (χ4n) is 3.32. The SMILES string of the molecule is Cc1cnc(NC2CCC(NC(=O)c3cncc(Br)c3)CC2)nc1N(C)C. The molecule has 1 fully saturated rings. The van der Waals surface area contributed by atoms with Crippen LogP contribution in [-0.4, -0.2) is 47.0 Å². The molecule has 1 saturated carbocycles. The van der Waals surface area contributed by atoms with Crippen molar-refractivity contribution in [2.45, 2.75) is 44.7 Å². The summed E-state index contributed by atoms with van der Waals surface area (Å²) in [6, 6.07) is 2.29. The molecule has 0 atom stereocenters. The fraction of sp³-hybridized carbons (Fsp3) is 0.474. The first kappa shape index (κ1) is 19.5. The van der Waals surface area contributed by atoms with Gasteiger partial charge < -0.3 is 15.5 Å². The van der Waals surface area contributed by atoms with Crippen LogP contribution in [0.4, 0.5) is 11.8 Å². The number of rotatable bonds is 5. The number of hydrogen-bond donors (Lipinski definition) is 2. The van der Waals surface area contributed by atoms with Crippen LogP contribution >= 0.6 is 15.9 Å². The Bertz CT molecular complexity index is 805. The van der Waals surface area contributed by atoms with Crippen molar-refractivity contribution in [1.82, 2.24) is 20.3 Å². The highest BCUT2D eigenvalue weighted by Crippen LogP contribution is 2.23. The molecule has 2 N–H and O–H groups in total. The summed E-state index contributed by atoms with van der Waals surface area (Å²) in [5, 5.41) is 6.55. The molecule has 2 aromatic rings. The van der Waals surface area contributed by atoms with E-state index in [-0.39, 0.29) is 11.9 Å². The molecule has 1 aliphatic carbocycles. The monoisotopic (exact) mass is 432 g/mol. The zero-order chi connectivity index (χ0) is 19.4. The van der Waals surface area contributed by atoms with Gasteiger partial charge >= 0.3 is 0 Å². The first-order chi connectivity index (χ1) is 12.9. The third kappa shape index (κ3) is 5.15. The average molecular weight is 433 g/mol. The van der Waals surface area contributed by atoms with E-state index in [0.717, 1.165) is 41.5 Å². The third-order valence-electron chi connectivity index (χ3n) is 4.73. The molecule has 0 saturated heterocycles. The smallest absolute Gasteiger partial charge is 0.253 e. The summed E-state index contributed by atoms with van der Waals surface area (Å²) < 4.78 is 0.804. The standard InChI is InChI=1S/C19H25BrN6O/c1-12-9-22-19(25-17(12)26(2)3)24-16-6-4-15(5-7-16)23-18(27)13-8-14(20)11-21-10-13/h8-11,15-16H,4-7H2,1-3H3,(H,23,27)(H,22,24,25). The molecule has 0 aromatic carbocycles. The molecule has 7 nitrogen and oxygen atoms in total. The van der Waals surface area contributed by atoms with E-state index in [0.29, 0.717) is 17.6 Å². The Kier molecular flexibility index (Phi) is 6.26. The van der Waals surface area contributed by atoms with Crippen LogP contribution in [0.25, 0.3) is 0 Å². The van der Waals surface area contributed by atoms with E-state index in [1.807, 2.05) is 32.1 Å². The summed E-state index contributed by atoms with van der Waals surface area (Å²) in [4.78, 5) is 27.4. The van der Waals surface area contributed by atoms with Crippen molar-refractivity contribution in [2.24, 2.45) is 0 Å². The lowest BCUT2D eigenvalue weighted by Crippen LogP contribution is -2.40. The van der Waals surface area contributed by atoms with Crippen LogP contribution in [0.2, 0.25) is 0 Å². The first-order valence-corrected chi connectivity index (χ1v) is 9.90. The van der Waals surface area contributed by atoms with E-state index in [2.05, 4.69) is 41.5 Å².